The highest BCUT2D eigenvalue weighted by atomic mass is 79.9. The van der Waals surface area contributed by atoms with E-state index >= 15 is 0 Å². The van der Waals surface area contributed by atoms with E-state index < -0.39 is 35.3 Å². The molecule has 9 nitrogen and oxygen atoms in total. The molecule has 3 atom stereocenters. The molecule has 5 rings (SSSR count). The van der Waals surface area contributed by atoms with Crippen LogP contribution in [-0.2, 0) is 15.1 Å². The van der Waals surface area contributed by atoms with Crippen molar-refractivity contribution in [1.29, 1.82) is 0 Å². The molecule has 0 spiro atoms. The molecule has 4 aromatic rings. The number of aromatic nitrogens is 2. The largest absolute Gasteiger partial charge is 0.497 e. The van der Waals surface area contributed by atoms with Crippen LogP contribution in [0.1, 0.15) is 34.9 Å². The van der Waals surface area contributed by atoms with Gasteiger partial charge in [-0.1, -0.05) is 70.5 Å². The minimum atomic E-state index is -1.09. The molecule has 0 unspecified atom stereocenters. The lowest BCUT2D eigenvalue weighted by Gasteiger charge is -2.37. The highest BCUT2D eigenvalue weighted by Crippen LogP contribution is 2.42. The number of H-pyrrole nitrogens is 1. The first-order valence-corrected chi connectivity index (χ1v) is 14.3. The van der Waals surface area contributed by atoms with Gasteiger partial charge in [-0.3, -0.25) is 14.3 Å². The van der Waals surface area contributed by atoms with Crippen molar-refractivity contribution in [2.24, 2.45) is 0 Å². The Kier molecular flexibility index (Phi) is 9.08. The van der Waals surface area contributed by atoms with Gasteiger partial charge in [-0.15, -0.1) is 0 Å². The number of ether oxygens (including phenoxy) is 4. The first kappa shape index (κ1) is 29.5. The summed E-state index contributed by atoms with van der Waals surface area (Å²) in [6, 6.07) is 25.1. The number of halogens is 1. The normalized spacial score (nSPS) is 18.8. The molecule has 3 aromatic carbocycles. The van der Waals surface area contributed by atoms with Crippen molar-refractivity contribution in [2.45, 2.75) is 30.5 Å². The van der Waals surface area contributed by atoms with Crippen LogP contribution < -0.4 is 20.7 Å². The van der Waals surface area contributed by atoms with E-state index in [2.05, 4.69) is 20.9 Å². The molecule has 10 heteroatoms. The molecule has 42 heavy (non-hydrogen) atoms. The number of methoxy groups -OCH3 is 2. The van der Waals surface area contributed by atoms with Gasteiger partial charge in [-0.25, -0.2) is 4.79 Å². The number of aliphatic hydroxyl groups is 1. The maximum absolute atomic E-state index is 12.6. The third kappa shape index (κ3) is 5.84. The number of nitrogens with one attached hydrogen (secondary N) is 1. The zero-order valence-electron chi connectivity index (χ0n) is 23.1. The molecule has 0 radical (unpaired) electrons. The Morgan fingerprint density at radius 2 is 1.52 bits per heavy atom. The molecule has 1 aliphatic rings. The lowest BCUT2D eigenvalue weighted by Crippen LogP contribution is -2.38. The summed E-state index contributed by atoms with van der Waals surface area (Å²) in [5.41, 5.74) is 0.582. The number of hydrogen-bond donors (Lipinski definition) is 2. The van der Waals surface area contributed by atoms with Gasteiger partial charge in [-0.05, 0) is 52.0 Å². The zero-order valence-corrected chi connectivity index (χ0v) is 24.7. The van der Waals surface area contributed by atoms with Gasteiger partial charge < -0.3 is 24.1 Å². The summed E-state index contributed by atoms with van der Waals surface area (Å²) >= 11 is 3.16. The van der Waals surface area contributed by atoms with E-state index in [-0.39, 0.29) is 18.6 Å². The summed E-state index contributed by atoms with van der Waals surface area (Å²) in [7, 11) is 3.23. The van der Waals surface area contributed by atoms with Crippen LogP contribution in [0.5, 0.6) is 11.5 Å². The molecule has 0 aliphatic carbocycles. The van der Waals surface area contributed by atoms with E-state index in [0.717, 1.165) is 16.7 Å². The van der Waals surface area contributed by atoms with Crippen molar-refractivity contribution >= 4 is 22.0 Å². The molecule has 1 fully saturated rings. The van der Waals surface area contributed by atoms with Crippen LogP contribution in [0.3, 0.4) is 0 Å². The van der Waals surface area contributed by atoms with Crippen LogP contribution in [0.25, 0.3) is 6.08 Å². The molecule has 0 amide bonds. The van der Waals surface area contributed by atoms with Crippen molar-refractivity contribution in [2.75, 3.05) is 20.8 Å². The maximum atomic E-state index is 12.6. The molecule has 0 bridgehead atoms. The monoisotopic (exact) mass is 634 g/mol. The predicted octanol–water partition coefficient (Wildman–Crippen LogP) is 4.58. The fourth-order valence-electron chi connectivity index (χ4n) is 5.22. The lowest BCUT2D eigenvalue weighted by molar-refractivity contribution is -0.0944. The molecule has 1 saturated heterocycles. The van der Waals surface area contributed by atoms with E-state index in [4.69, 9.17) is 18.9 Å². The Hall–Kier alpha value is -3.96. The number of benzene rings is 3. The first-order valence-electron chi connectivity index (χ1n) is 13.3. The third-order valence-corrected chi connectivity index (χ3v) is 7.65. The molecular weight excluding hydrogens is 604 g/mol. The first-order chi connectivity index (χ1) is 20.4. The van der Waals surface area contributed by atoms with Gasteiger partial charge in [0.15, 0.2) is 0 Å². The molecular formula is C32H31BrN2O7. The minimum Gasteiger partial charge on any atom is -0.497 e. The average molecular weight is 636 g/mol. The maximum Gasteiger partial charge on any atom is 0.330 e. The highest BCUT2D eigenvalue weighted by molar-refractivity contribution is 9.11. The zero-order chi connectivity index (χ0) is 29.7. The number of aliphatic hydroxyl groups excluding tert-OH is 1. The fourth-order valence-corrected chi connectivity index (χ4v) is 5.50. The van der Waals surface area contributed by atoms with Gasteiger partial charge in [0, 0.05) is 12.6 Å². The van der Waals surface area contributed by atoms with E-state index in [0.29, 0.717) is 11.5 Å². The van der Waals surface area contributed by atoms with Crippen LogP contribution >= 0.6 is 15.9 Å². The summed E-state index contributed by atoms with van der Waals surface area (Å²) < 4.78 is 25.1. The summed E-state index contributed by atoms with van der Waals surface area (Å²) in [6.45, 7) is -0.00309. The summed E-state index contributed by atoms with van der Waals surface area (Å²) in [5.74, 6) is 1.40. The molecule has 2 N–H and O–H groups in total. The van der Waals surface area contributed by atoms with E-state index in [1.807, 2.05) is 78.9 Å². The van der Waals surface area contributed by atoms with Crippen molar-refractivity contribution in [1.82, 2.24) is 9.55 Å². The fraction of sp³-hybridized carbons (Fsp3) is 0.250. The van der Waals surface area contributed by atoms with Gasteiger partial charge in [0.05, 0.1) is 32.5 Å². The Bertz CT molecular complexity index is 1590. The Labute approximate surface area is 251 Å². The van der Waals surface area contributed by atoms with Gasteiger partial charge in [0.2, 0.25) is 0 Å². The third-order valence-electron chi connectivity index (χ3n) is 7.39. The van der Waals surface area contributed by atoms with Crippen molar-refractivity contribution in [3.63, 3.8) is 0 Å². The molecule has 218 valence electrons. The number of hydrogen-bond acceptors (Lipinski definition) is 7. The summed E-state index contributed by atoms with van der Waals surface area (Å²) in [6.07, 6.45) is 0.600. The van der Waals surface area contributed by atoms with Crippen LogP contribution in [0.15, 0.2) is 99.6 Å². The molecule has 1 aliphatic heterocycles. The van der Waals surface area contributed by atoms with E-state index in [1.165, 1.54) is 21.8 Å². The average Bonchev–Trinajstić information content (AvgIpc) is 3.39. The lowest BCUT2D eigenvalue weighted by atomic mass is 9.80. The van der Waals surface area contributed by atoms with Crippen LogP contribution in [0.4, 0.5) is 0 Å². The van der Waals surface area contributed by atoms with Gasteiger partial charge in [-0.2, -0.15) is 0 Å². The van der Waals surface area contributed by atoms with Crippen LogP contribution in [-0.4, -0.2) is 47.7 Å². The molecule has 0 saturated carbocycles. The predicted molar refractivity (Wildman–Crippen MR) is 162 cm³/mol. The van der Waals surface area contributed by atoms with Crippen LogP contribution in [0, 0.1) is 0 Å². The Balaban J connectivity index is 1.53. The summed E-state index contributed by atoms with van der Waals surface area (Å²) in [4.78, 5) is 28.6. The number of aromatic amines is 1. The summed E-state index contributed by atoms with van der Waals surface area (Å²) in [5, 5.41) is 11.0. The standard InChI is InChI=1S/C32H31BrN2O7/c1-39-25-12-8-23(9-13-25)32(22-6-4-3-5-7-22,24-10-14-26(40-2)15-11-24)41-20-28-27(36)18-29(42-28)35-19-21(16-17-33)30(37)34-31(35)38/h3-17,19,27-29,36H,18,20H2,1-2H3,(H,34,37,38)/t27-,28+,29+/m0/s1. The second kappa shape index (κ2) is 12.9. The Morgan fingerprint density at radius 1 is 0.952 bits per heavy atom. The van der Waals surface area contributed by atoms with Gasteiger partial charge in [0.25, 0.3) is 5.56 Å². The van der Waals surface area contributed by atoms with Crippen molar-refractivity contribution in [3.8, 4) is 11.5 Å². The Morgan fingerprint density at radius 3 is 2.07 bits per heavy atom. The minimum absolute atomic E-state index is 0.00309. The molecule has 2 heterocycles. The second-order valence-electron chi connectivity index (χ2n) is 9.79. The smallest absolute Gasteiger partial charge is 0.330 e. The van der Waals surface area contributed by atoms with Crippen LogP contribution in [0.2, 0.25) is 0 Å². The second-order valence-corrected chi connectivity index (χ2v) is 10.3. The van der Waals surface area contributed by atoms with E-state index in [1.54, 1.807) is 14.2 Å². The number of rotatable bonds is 10. The topological polar surface area (TPSA) is 112 Å². The van der Waals surface area contributed by atoms with Gasteiger partial charge >= 0.3 is 5.69 Å². The van der Waals surface area contributed by atoms with Crippen molar-refractivity contribution in [3.05, 3.63) is 133 Å². The molecule has 1 aromatic heterocycles. The highest BCUT2D eigenvalue weighted by Gasteiger charge is 2.42. The van der Waals surface area contributed by atoms with E-state index in [9.17, 15) is 14.7 Å². The number of nitrogens with zero attached hydrogens (tertiary/aromatic N) is 1. The van der Waals surface area contributed by atoms with Gasteiger partial charge in [0.1, 0.15) is 29.4 Å². The SMILES string of the molecule is COc1ccc(C(OC[C@H]2O[C@@H](n3cc(C=CBr)c(=O)[nH]c3=O)C[C@@H]2O)(c2ccccc2)c2ccc(OC)cc2)cc1. The van der Waals surface area contributed by atoms with Crippen molar-refractivity contribution < 1.29 is 24.1 Å². The quantitative estimate of drug-likeness (QED) is 0.246.